The second-order valence-corrected chi connectivity index (χ2v) is 7.34. The summed E-state index contributed by atoms with van der Waals surface area (Å²) in [4.78, 5) is 17.5. The van der Waals surface area contributed by atoms with Crippen molar-refractivity contribution in [2.45, 2.75) is 0 Å². The number of piperazine rings is 1. The molecule has 6 heteroatoms. The zero-order valence-electron chi connectivity index (χ0n) is 15.7. The van der Waals surface area contributed by atoms with Crippen LogP contribution in [0.4, 0.5) is 11.4 Å². The average molecular weight is 396 g/mol. The molecule has 1 saturated heterocycles. The highest BCUT2D eigenvalue weighted by Crippen LogP contribution is 2.33. The summed E-state index contributed by atoms with van der Waals surface area (Å²) in [5.41, 5.74) is 3.13. The topological polar surface area (TPSA) is 48.7 Å². The Kier molecular flexibility index (Phi) is 5.37. The standard InChI is InChI=1S/C22H22ClN3O2/c1-25-10-12-26(13-11-25)20-9-8-16(21-7-4-14-28-21)15-19(20)24-22(27)17-5-2-3-6-18(17)23/h2-9,14-15H,10-13H2,1H3,(H,24,27). The molecule has 4 rings (SSSR count). The molecule has 28 heavy (non-hydrogen) atoms. The smallest absolute Gasteiger partial charge is 0.257 e. The number of carbonyl (C=O) groups excluding carboxylic acids is 1. The van der Waals surface area contributed by atoms with Gasteiger partial charge in [-0.1, -0.05) is 23.7 Å². The Hall–Kier alpha value is -2.76. The van der Waals surface area contributed by atoms with Crippen LogP contribution in [0.5, 0.6) is 0 Å². The summed E-state index contributed by atoms with van der Waals surface area (Å²) in [5, 5.41) is 3.49. The van der Waals surface area contributed by atoms with E-state index in [4.69, 9.17) is 16.0 Å². The number of benzene rings is 2. The number of nitrogens with one attached hydrogen (secondary N) is 1. The van der Waals surface area contributed by atoms with Crippen LogP contribution in [-0.2, 0) is 0 Å². The van der Waals surface area contributed by atoms with E-state index in [0.717, 1.165) is 48.9 Å². The van der Waals surface area contributed by atoms with Crippen molar-refractivity contribution in [1.29, 1.82) is 0 Å². The van der Waals surface area contributed by atoms with Crippen molar-refractivity contribution in [2.24, 2.45) is 0 Å². The molecule has 0 aliphatic carbocycles. The third-order valence-electron chi connectivity index (χ3n) is 5.01. The van der Waals surface area contributed by atoms with E-state index in [2.05, 4.69) is 22.2 Å². The number of hydrogen-bond donors (Lipinski definition) is 1. The van der Waals surface area contributed by atoms with Crippen molar-refractivity contribution in [2.75, 3.05) is 43.4 Å². The maximum absolute atomic E-state index is 12.9. The molecule has 1 aliphatic heterocycles. The van der Waals surface area contributed by atoms with Gasteiger partial charge in [0.15, 0.2) is 0 Å². The van der Waals surface area contributed by atoms with E-state index in [1.165, 1.54) is 0 Å². The van der Waals surface area contributed by atoms with Crippen LogP contribution in [0.2, 0.25) is 5.02 Å². The Morgan fingerprint density at radius 3 is 2.54 bits per heavy atom. The SMILES string of the molecule is CN1CCN(c2ccc(-c3ccco3)cc2NC(=O)c2ccccc2Cl)CC1. The summed E-state index contributed by atoms with van der Waals surface area (Å²) >= 11 is 6.21. The molecule has 5 nitrogen and oxygen atoms in total. The molecule has 0 radical (unpaired) electrons. The summed E-state index contributed by atoms with van der Waals surface area (Å²) in [6.45, 7) is 3.78. The van der Waals surface area contributed by atoms with Crippen LogP contribution in [0.1, 0.15) is 10.4 Å². The van der Waals surface area contributed by atoms with Gasteiger partial charge in [-0.2, -0.15) is 0 Å². The van der Waals surface area contributed by atoms with Crippen LogP contribution in [0.3, 0.4) is 0 Å². The van der Waals surface area contributed by atoms with Crippen LogP contribution >= 0.6 is 11.6 Å². The third-order valence-corrected chi connectivity index (χ3v) is 5.34. The molecule has 0 unspecified atom stereocenters. The normalized spacial score (nSPS) is 14.9. The van der Waals surface area contributed by atoms with Gasteiger partial charge in [0.1, 0.15) is 5.76 Å². The van der Waals surface area contributed by atoms with Crippen LogP contribution in [0.15, 0.2) is 65.3 Å². The first-order valence-corrected chi connectivity index (χ1v) is 9.67. The van der Waals surface area contributed by atoms with Gasteiger partial charge in [0.2, 0.25) is 0 Å². The van der Waals surface area contributed by atoms with E-state index in [9.17, 15) is 4.79 Å². The van der Waals surface area contributed by atoms with Crippen molar-refractivity contribution < 1.29 is 9.21 Å². The van der Waals surface area contributed by atoms with Gasteiger partial charge < -0.3 is 19.5 Å². The summed E-state index contributed by atoms with van der Waals surface area (Å²) in [6, 6.07) is 16.9. The fourth-order valence-corrected chi connectivity index (χ4v) is 3.61. The molecule has 3 aromatic rings. The first-order valence-electron chi connectivity index (χ1n) is 9.29. The van der Waals surface area contributed by atoms with Gasteiger partial charge in [-0.15, -0.1) is 0 Å². The Bertz CT molecular complexity index is 964. The number of anilines is 2. The second-order valence-electron chi connectivity index (χ2n) is 6.93. The van der Waals surface area contributed by atoms with Crippen molar-refractivity contribution in [3.8, 4) is 11.3 Å². The molecule has 0 bridgehead atoms. The van der Waals surface area contributed by atoms with Crippen LogP contribution < -0.4 is 10.2 Å². The zero-order chi connectivity index (χ0) is 19.5. The number of likely N-dealkylation sites (N-methyl/N-ethyl adjacent to an activating group) is 1. The molecule has 2 heterocycles. The monoisotopic (exact) mass is 395 g/mol. The van der Waals surface area contributed by atoms with E-state index >= 15 is 0 Å². The van der Waals surface area contributed by atoms with Crippen LogP contribution in [0.25, 0.3) is 11.3 Å². The fraction of sp³-hybridized carbons (Fsp3) is 0.227. The van der Waals surface area contributed by atoms with Gasteiger partial charge in [0.05, 0.1) is 28.2 Å². The van der Waals surface area contributed by atoms with E-state index in [1.54, 1.807) is 24.5 Å². The van der Waals surface area contributed by atoms with Crippen LogP contribution in [-0.4, -0.2) is 44.0 Å². The Morgan fingerprint density at radius 1 is 1.04 bits per heavy atom. The van der Waals surface area contributed by atoms with Gasteiger partial charge in [0, 0.05) is 31.7 Å². The van der Waals surface area contributed by atoms with E-state index in [-0.39, 0.29) is 5.91 Å². The van der Waals surface area contributed by atoms with Crippen molar-refractivity contribution in [3.63, 3.8) is 0 Å². The van der Waals surface area contributed by atoms with Gasteiger partial charge in [-0.3, -0.25) is 4.79 Å². The summed E-state index contributed by atoms with van der Waals surface area (Å²) in [5.74, 6) is 0.538. The predicted octanol–water partition coefficient (Wildman–Crippen LogP) is 4.60. The molecular weight excluding hydrogens is 374 g/mol. The summed E-state index contributed by atoms with van der Waals surface area (Å²) in [7, 11) is 2.12. The lowest BCUT2D eigenvalue weighted by Gasteiger charge is -2.35. The number of furan rings is 1. The molecule has 144 valence electrons. The van der Waals surface area contributed by atoms with E-state index in [0.29, 0.717) is 10.6 Å². The molecule has 1 aliphatic rings. The minimum Gasteiger partial charge on any atom is -0.464 e. The number of rotatable bonds is 4. The number of halogens is 1. The highest BCUT2D eigenvalue weighted by molar-refractivity contribution is 6.34. The highest BCUT2D eigenvalue weighted by Gasteiger charge is 2.20. The lowest BCUT2D eigenvalue weighted by Crippen LogP contribution is -2.44. The first-order chi connectivity index (χ1) is 13.6. The molecule has 2 aromatic carbocycles. The minimum absolute atomic E-state index is 0.224. The Balaban J connectivity index is 1.68. The molecule has 0 atom stereocenters. The van der Waals surface area contributed by atoms with Crippen LogP contribution in [0, 0.1) is 0 Å². The lowest BCUT2D eigenvalue weighted by molar-refractivity contribution is 0.102. The second kappa shape index (κ2) is 8.09. The first kappa shape index (κ1) is 18.6. The van der Waals surface area contributed by atoms with E-state index < -0.39 is 0 Å². The van der Waals surface area contributed by atoms with Gasteiger partial charge >= 0.3 is 0 Å². The number of nitrogens with zero attached hydrogens (tertiary/aromatic N) is 2. The molecule has 0 saturated carbocycles. The zero-order valence-corrected chi connectivity index (χ0v) is 16.4. The fourth-order valence-electron chi connectivity index (χ4n) is 3.39. The van der Waals surface area contributed by atoms with Crippen molar-refractivity contribution >= 4 is 28.9 Å². The molecule has 1 amide bonds. The maximum Gasteiger partial charge on any atom is 0.257 e. The van der Waals surface area contributed by atoms with Crippen molar-refractivity contribution in [1.82, 2.24) is 4.90 Å². The molecular formula is C22H22ClN3O2. The summed E-state index contributed by atoms with van der Waals surface area (Å²) in [6.07, 6.45) is 1.64. The third kappa shape index (κ3) is 3.91. The largest absolute Gasteiger partial charge is 0.464 e. The molecule has 1 fully saturated rings. The quantitative estimate of drug-likeness (QED) is 0.701. The number of hydrogen-bond acceptors (Lipinski definition) is 4. The molecule has 0 spiro atoms. The van der Waals surface area contributed by atoms with Gasteiger partial charge in [-0.05, 0) is 49.5 Å². The average Bonchev–Trinajstić information content (AvgIpc) is 3.24. The maximum atomic E-state index is 12.9. The lowest BCUT2D eigenvalue weighted by atomic mass is 10.1. The van der Waals surface area contributed by atoms with Gasteiger partial charge in [-0.25, -0.2) is 0 Å². The number of carbonyl (C=O) groups is 1. The van der Waals surface area contributed by atoms with E-state index in [1.807, 2.05) is 36.4 Å². The molecule has 1 aromatic heterocycles. The highest BCUT2D eigenvalue weighted by atomic mass is 35.5. The van der Waals surface area contributed by atoms with Gasteiger partial charge in [0.25, 0.3) is 5.91 Å². The minimum atomic E-state index is -0.224. The Morgan fingerprint density at radius 2 is 1.82 bits per heavy atom. The van der Waals surface area contributed by atoms with Crippen molar-refractivity contribution in [3.05, 3.63) is 71.4 Å². The summed E-state index contributed by atoms with van der Waals surface area (Å²) < 4.78 is 5.53. The predicted molar refractivity (Wildman–Crippen MR) is 113 cm³/mol. The number of amides is 1. The molecule has 1 N–H and O–H groups in total. The Labute approximate surface area is 169 Å².